The first-order valence-corrected chi connectivity index (χ1v) is 2.64. The number of hydrogen-bond acceptors (Lipinski definition) is 0. The molecule has 0 nitrogen and oxygen atoms in total. The Labute approximate surface area is 49.7 Å². The van der Waals surface area contributed by atoms with E-state index in [1.165, 1.54) is 6.92 Å². The van der Waals surface area contributed by atoms with Gasteiger partial charge in [0.1, 0.15) is 0 Å². The Hall–Kier alpha value is -0.590. The van der Waals surface area contributed by atoms with Crippen LogP contribution in [0.15, 0.2) is 23.6 Å². The molecule has 0 saturated heterocycles. The zero-order valence-corrected chi connectivity index (χ0v) is 5.53. The molecule has 1 heteroatoms. The minimum Gasteiger partial charge on any atom is -0.212 e. The topological polar surface area (TPSA) is 0 Å². The van der Waals surface area contributed by atoms with Crippen molar-refractivity contribution in [3.63, 3.8) is 0 Å². The van der Waals surface area contributed by atoms with Gasteiger partial charge in [0.2, 0.25) is 0 Å². The van der Waals surface area contributed by atoms with Gasteiger partial charge in [-0.25, -0.2) is 4.39 Å². The molecule has 0 aliphatic rings. The number of hydrogen-bond donors (Lipinski definition) is 0. The van der Waals surface area contributed by atoms with Gasteiger partial charge in [0.15, 0.2) is 0 Å². The van der Waals surface area contributed by atoms with Crippen molar-refractivity contribution in [3.8, 4) is 0 Å². The van der Waals surface area contributed by atoms with Gasteiger partial charge in [0.25, 0.3) is 0 Å². The van der Waals surface area contributed by atoms with Crippen LogP contribution in [0.25, 0.3) is 0 Å². The van der Waals surface area contributed by atoms with E-state index in [1.807, 2.05) is 13.0 Å². The molecule has 0 amide bonds. The van der Waals surface area contributed by atoms with Gasteiger partial charge in [-0.3, -0.25) is 0 Å². The lowest BCUT2D eigenvalue weighted by Crippen LogP contribution is -1.69. The summed E-state index contributed by atoms with van der Waals surface area (Å²) in [4.78, 5) is 0. The van der Waals surface area contributed by atoms with Crippen LogP contribution in [0.1, 0.15) is 20.8 Å². The van der Waals surface area contributed by atoms with E-state index in [1.54, 1.807) is 13.0 Å². The molecular weight excluding hydrogens is 103 g/mol. The molecule has 0 fully saturated rings. The minimum absolute atomic E-state index is 0.108. The predicted molar refractivity (Wildman–Crippen MR) is 34.3 cm³/mol. The fourth-order valence-electron chi connectivity index (χ4n) is 0.365. The Kier molecular flexibility index (Phi) is 3.16. The third-order valence-electron chi connectivity index (χ3n) is 0.960. The SMILES string of the molecule is C/C=C\C(C)=C(/C)F. The molecule has 46 valence electrons. The first kappa shape index (κ1) is 7.41. The van der Waals surface area contributed by atoms with Gasteiger partial charge in [-0.15, -0.1) is 0 Å². The van der Waals surface area contributed by atoms with E-state index < -0.39 is 0 Å². The quantitative estimate of drug-likeness (QED) is 0.460. The fourth-order valence-corrected chi connectivity index (χ4v) is 0.365. The third kappa shape index (κ3) is 2.56. The second-order valence-electron chi connectivity index (χ2n) is 1.72. The fraction of sp³-hybridized carbons (Fsp3) is 0.429. The molecule has 0 bridgehead atoms. The second kappa shape index (κ2) is 3.42. The first-order chi connectivity index (χ1) is 3.68. The summed E-state index contributed by atoms with van der Waals surface area (Å²) < 4.78 is 12.1. The van der Waals surface area contributed by atoms with Gasteiger partial charge >= 0.3 is 0 Å². The van der Waals surface area contributed by atoms with Crippen molar-refractivity contribution >= 4 is 0 Å². The van der Waals surface area contributed by atoms with Crippen LogP contribution >= 0.6 is 0 Å². The van der Waals surface area contributed by atoms with Gasteiger partial charge in [0.05, 0.1) is 5.83 Å². The standard InChI is InChI=1S/C7H11F/c1-4-5-6(2)7(3)8/h4-5H,1-3H3/b5-4-,7-6+. The summed E-state index contributed by atoms with van der Waals surface area (Å²) in [6.45, 7) is 5.07. The minimum atomic E-state index is -0.108. The van der Waals surface area contributed by atoms with Crippen molar-refractivity contribution < 1.29 is 4.39 Å². The van der Waals surface area contributed by atoms with Crippen LogP contribution in [0.3, 0.4) is 0 Å². The summed E-state index contributed by atoms with van der Waals surface area (Å²) in [6.07, 6.45) is 3.56. The van der Waals surface area contributed by atoms with E-state index >= 15 is 0 Å². The molecule has 0 unspecified atom stereocenters. The average Bonchev–Trinajstić information content (AvgIpc) is 1.67. The van der Waals surface area contributed by atoms with E-state index in [2.05, 4.69) is 0 Å². The maximum Gasteiger partial charge on any atom is 0.0997 e. The molecule has 0 aromatic rings. The molecular formula is C7H11F. The van der Waals surface area contributed by atoms with Crippen LogP contribution in [-0.2, 0) is 0 Å². The molecule has 0 N–H and O–H groups in total. The van der Waals surface area contributed by atoms with Crippen molar-refractivity contribution in [1.29, 1.82) is 0 Å². The highest BCUT2D eigenvalue weighted by molar-refractivity contribution is 5.17. The summed E-state index contributed by atoms with van der Waals surface area (Å²) in [7, 11) is 0. The lowest BCUT2D eigenvalue weighted by molar-refractivity contribution is 0.631. The van der Waals surface area contributed by atoms with Crippen LogP contribution in [0.4, 0.5) is 4.39 Å². The van der Waals surface area contributed by atoms with E-state index in [0.717, 1.165) is 0 Å². The Morgan fingerprint density at radius 1 is 1.38 bits per heavy atom. The molecule has 0 aromatic carbocycles. The molecule has 0 saturated carbocycles. The lowest BCUT2D eigenvalue weighted by atomic mass is 10.2. The first-order valence-electron chi connectivity index (χ1n) is 2.64. The van der Waals surface area contributed by atoms with Crippen molar-refractivity contribution in [1.82, 2.24) is 0 Å². The van der Waals surface area contributed by atoms with Crippen LogP contribution < -0.4 is 0 Å². The van der Waals surface area contributed by atoms with Gasteiger partial charge in [-0.05, 0) is 26.3 Å². The maximum absolute atomic E-state index is 12.1. The summed E-state index contributed by atoms with van der Waals surface area (Å²) in [5, 5.41) is 0. The Morgan fingerprint density at radius 2 is 1.88 bits per heavy atom. The van der Waals surface area contributed by atoms with Crippen LogP contribution in [0.2, 0.25) is 0 Å². The predicted octanol–water partition coefficient (Wildman–Crippen LogP) is 2.83. The number of halogens is 1. The van der Waals surface area contributed by atoms with Crippen molar-refractivity contribution in [3.05, 3.63) is 23.6 Å². The van der Waals surface area contributed by atoms with E-state index in [9.17, 15) is 4.39 Å². The zero-order valence-electron chi connectivity index (χ0n) is 5.53. The summed E-state index contributed by atoms with van der Waals surface area (Å²) >= 11 is 0. The molecule has 0 heterocycles. The molecule has 0 atom stereocenters. The van der Waals surface area contributed by atoms with E-state index in [-0.39, 0.29) is 5.83 Å². The van der Waals surface area contributed by atoms with Crippen LogP contribution in [0, 0.1) is 0 Å². The Balaban J connectivity index is 4.00. The Bertz CT molecular complexity index is 116. The molecule has 0 aromatic heterocycles. The molecule has 0 aliphatic heterocycles. The van der Waals surface area contributed by atoms with Gasteiger partial charge in [-0.2, -0.15) is 0 Å². The van der Waals surface area contributed by atoms with Crippen molar-refractivity contribution in [2.75, 3.05) is 0 Å². The number of rotatable bonds is 1. The summed E-state index contributed by atoms with van der Waals surface area (Å²) in [5.74, 6) is -0.108. The lowest BCUT2D eigenvalue weighted by Gasteiger charge is -1.87. The van der Waals surface area contributed by atoms with Crippen molar-refractivity contribution in [2.24, 2.45) is 0 Å². The van der Waals surface area contributed by atoms with E-state index in [4.69, 9.17) is 0 Å². The molecule has 0 aliphatic carbocycles. The maximum atomic E-state index is 12.1. The van der Waals surface area contributed by atoms with Gasteiger partial charge < -0.3 is 0 Å². The largest absolute Gasteiger partial charge is 0.212 e. The second-order valence-corrected chi connectivity index (χ2v) is 1.72. The monoisotopic (exact) mass is 114 g/mol. The van der Waals surface area contributed by atoms with E-state index in [0.29, 0.717) is 5.57 Å². The number of allylic oxidation sites excluding steroid dienone is 4. The van der Waals surface area contributed by atoms with Crippen LogP contribution in [-0.4, -0.2) is 0 Å². The van der Waals surface area contributed by atoms with Crippen LogP contribution in [0.5, 0.6) is 0 Å². The molecule has 0 spiro atoms. The highest BCUT2D eigenvalue weighted by Crippen LogP contribution is 2.04. The summed E-state index contributed by atoms with van der Waals surface area (Å²) in [6, 6.07) is 0. The zero-order chi connectivity index (χ0) is 6.57. The average molecular weight is 114 g/mol. The van der Waals surface area contributed by atoms with Crippen molar-refractivity contribution in [2.45, 2.75) is 20.8 Å². The highest BCUT2D eigenvalue weighted by atomic mass is 19.1. The third-order valence-corrected chi connectivity index (χ3v) is 0.960. The smallest absolute Gasteiger partial charge is 0.0997 e. The molecule has 0 radical (unpaired) electrons. The Morgan fingerprint density at radius 3 is 2.00 bits per heavy atom. The normalized spacial score (nSPS) is 14.5. The summed E-state index contributed by atoms with van der Waals surface area (Å²) in [5.41, 5.74) is 0.701. The molecule has 8 heavy (non-hydrogen) atoms. The van der Waals surface area contributed by atoms with Gasteiger partial charge in [0, 0.05) is 0 Å². The molecule has 0 rings (SSSR count). The van der Waals surface area contributed by atoms with Gasteiger partial charge in [-0.1, -0.05) is 12.2 Å². The highest BCUT2D eigenvalue weighted by Gasteiger charge is 1.85.